The number of hydrogen-bond donors (Lipinski definition) is 2. The Bertz CT molecular complexity index is 1060. The molecule has 0 bridgehead atoms. The Morgan fingerprint density at radius 3 is 2.69 bits per heavy atom. The zero-order chi connectivity index (χ0) is 25.9. The molecule has 2 fully saturated rings. The maximum Gasteiger partial charge on any atom is 0.273 e. The molecule has 2 aromatic heterocycles. The third-order valence-electron chi connectivity index (χ3n) is 7.89. The number of carbonyl (C=O) groups excluding carboxylic acids is 1. The normalized spacial score (nSPS) is 26.4. The van der Waals surface area contributed by atoms with Crippen molar-refractivity contribution in [2.45, 2.75) is 90.4 Å². The van der Waals surface area contributed by atoms with Crippen molar-refractivity contribution in [1.29, 1.82) is 0 Å². The summed E-state index contributed by atoms with van der Waals surface area (Å²) in [6.07, 6.45) is 9.52. The Morgan fingerprint density at radius 2 is 2.03 bits per heavy atom. The molecule has 2 N–H and O–H groups in total. The summed E-state index contributed by atoms with van der Waals surface area (Å²) < 4.78 is 22.4. The molecule has 2 aliphatic rings. The molecule has 0 aliphatic heterocycles. The lowest BCUT2D eigenvalue weighted by atomic mass is 9.83. The van der Waals surface area contributed by atoms with E-state index in [0.29, 0.717) is 48.3 Å². The van der Waals surface area contributed by atoms with Crippen LogP contribution in [0.5, 0.6) is 5.75 Å². The molecule has 2 saturated carbocycles. The van der Waals surface area contributed by atoms with E-state index in [4.69, 9.17) is 16.3 Å². The second kappa shape index (κ2) is 11.4. The fourth-order valence-corrected chi connectivity index (χ4v) is 5.81. The second-order valence-electron chi connectivity index (χ2n) is 10.7. The molecule has 1 unspecified atom stereocenters. The third kappa shape index (κ3) is 5.79. The van der Waals surface area contributed by atoms with E-state index in [2.05, 4.69) is 27.6 Å². The zero-order valence-corrected chi connectivity index (χ0v) is 22.6. The molecule has 0 aromatic carbocycles. The van der Waals surface area contributed by atoms with Gasteiger partial charge in [0.15, 0.2) is 5.69 Å². The van der Waals surface area contributed by atoms with Crippen molar-refractivity contribution in [2.75, 3.05) is 19.0 Å². The number of carbonyl (C=O) groups is 1. The molecule has 0 radical (unpaired) electrons. The molecule has 2 heterocycles. The van der Waals surface area contributed by atoms with Crippen LogP contribution in [0, 0.1) is 11.8 Å². The molecule has 0 spiro atoms. The lowest BCUT2D eigenvalue weighted by molar-refractivity contribution is 0.0936. The molecular formula is C27H39ClFN5O2. The largest absolute Gasteiger partial charge is 0.496 e. The summed E-state index contributed by atoms with van der Waals surface area (Å²) in [5, 5.41) is 11.1. The maximum absolute atomic E-state index is 15.0. The molecule has 4 rings (SSSR count). The van der Waals surface area contributed by atoms with Gasteiger partial charge in [0.25, 0.3) is 5.91 Å². The molecule has 9 heteroatoms. The molecule has 36 heavy (non-hydrogen) atoms. The first-order valence-corrected chi connectivity index (χ1v) is 13.7. The third-order valence-corrected chi connectivity index (χ3v) is 8.25. The zero-order valence-electron chi connectivity index (χ0n) is 21.9. The number of rotatable bonds is 8. The van der Waals surface area contributed by atoms with Gasteiger partial charge in [-0.1, -0.05) is 44.2 Å². The molecule has 0 saturated heterocycles. The van der Waals surface area contributed by atoms with Crippen LogP contribution < -0.4 is 15.4 Å². The van der Waals surface area contributed by atoms with Gasteiger partial charge < -0.3 is 15.4 Å². The van der Waals surface area contributed by atoms with Gasteiger partial charge >= 0.3 is 0 Å². The first-order chi connectivity index (χ1) is 17.2. The number of halogens is 2. The van der Waals surface area contributed by atoms with Gasteiger partial charge in [-0.15, -0.1) is 0 Å². The Labute approximate surface area is 218 Å². The first kappa shape index (κ1) is 26.7. The molecular weight excluding hydrogens is 481 g/mol. The minimum atomic E-state index is -1.28. The smallest absolute Gasteiger partial charge is 0.273 e. The van der Waals surface area contributed by atoms with Crippen LogP contribution in [0.25, 0.3) is 11.3 Å². The fraction of sp³-hybridized carbons (Fsp3) is 0.667. The lowest BCUT2D eigenvalue weighted by Gasteiger charge is -2.35. The second-order valence-corrected chi connectivity index (χ2v) is 11.0. The number of aromatic nitrogens is 3. The highest BCUT2D eigenvalue weighted by Gasteiger charge is 2.37. The van der Waals surface area contributed by atoms with E-state index >= 15 is 0 Å². The predicted molar refractivity (Wildman–Crippen MR) is 142 cm³/mol. The molecule has 1 amide bonds. The van der Waals surface area contributed by atoms with Gasteiger partial charge in [0.1, 0.15) is 17.2 Å². The van der Waals surface area contributed by atoms with E-state index in [0.717, 1.165) is 38.0 Å². The summed E-state index contributed by atoms with van der Waals surface area (Å²) in [5.41, 5.74) is 0.139. The number of aryl methyl sites for hydroxylation is 1. The van der Waals surface area contributed by atoms with Gasteiger partial charge in [-0.2, -0.15) is 5.10 Å². The number of nitrogens with one attached hydrogen (secondary N) is 2. The van der Waals surface area contributed by atoms with Crippen molar-refractivity contribution in [1.82, 2.24) is 20.1 Å². The highest BCUT2D eigenvalue weighted by atomic mass is 35.5. The summed E-state index contributed by atoms with van der Waals surface area (Å²) >= 11 is 6.75. The van der Waals surface area contributed by atoms with E-state index in [1.54, 1.807) is 31.0 Å². The van der Waals surface area contributed by atoms with Crippen LogP contribution in [0.4, 0.5) is 10.2 Å². The molecule has 2 aliphatic carbocycles. The molecule has 2 atom stereocenters. The van der Waals surface area contributed by atoms with Crippen molar-refractivity contribution in [3.8, 4) is 17.0 Å². The molecule has 7 nitrogen and oxygen atoms in total. The van der Waals surface area contributed by atoms with Crippen LogP contribution in [0.3, 0.4) is 0 Å². The summed E-state index contributed by atoms with van der Waals surface area (Å²) in [6.45, 7) is 7.03. The minimum Gasteiger partial charge on any atom is -0.496 e. The first-order valence-electron chi connectivity index (χ1n) is 13.3. The monoisotopic (exact) mass is 519 g/mol. The Morgan fingerprint density at radius 1 is 1.28 bits per heavy atom. The number of pyridine rings is 1. The summed E-state index contributed by atoms with van der Waals surface area (Å²) in [6, 6.07) is 1.45. The van der Waals surface area contributed by atoms with Crippen LogP contribution in [0.2, 0.25) is 5.02 Å². The van der Waals surface area contributed by atoms with Crippen molar-refractivity contribution in [3.05, 3.63) is 23.0 Å². The average molecular weight is 520 g/mol. The number of ether oxygens (including phenoxy) is 1. The Balaban J connectivity index is 1.54. The lowest BCUT2D eigenvalue weighted by Crippen LogP contribution is -2.43. The summed E-state index contributed by atoms with van der Waals surface area (Å²) in [5.74, 6) is 2.07. The SMILES string of the molecule is CCn1nc(C(=O)NCC2CCC(C)CC2)c(Cl)c1-c1cnc(N[C@@H]2CCCCC2(C)F)cc1OC. The molecule has 2 aromatic rings. The number of hydrogen-bond acceptors (Lipinski definition) is 5. The number of amides is 1. The van der Waals surface area contributed by atoms with Gasteiger partial charge in [-0.05, 0) is 51.4 Å². The predicted octanol–water partition coefficient (Wildman–Crippen LogP) is 6.27. The number of methoxy groups -OCH3 is 1. The Hall–Kier alpha value is -2.35. The van der Waals surface area contributed by atoms with Crippen molar-refractivity contribution < 1.29 is 13.9 Å². The average Bonchev–Trinajstić information content (AvgIpc) is 3.20. The Kier molecular flexibility index (Phi) is 8.43. The maximum atomic E-state index is 15.0. The van der Waals surface area contributed by atoms with Crippen LogP contribution in [-0.4, -0.2) is 46.0 Å². The standard InChI is InChI=1S/C27H39ClFN5O2/c1-5-34-25(23(28)24(33-34)26(35)31-15-18-11-9-17(2)10-12-18)19-16-30-22(14-20(19)36-4)32-21-8-6-7-13-27(21,3)29/h14,16-18,21H,5-13,15H2,1-4H3,(H,30,32)(H,31,35)/t17?,18?,21-,27?/m1/s1. The van der Waals surface area contributed by atoms with Gasteiger partial charge in [0.05, 0.1) is 29.4 Å². The van der Waals surface area contributed by atoms with Crippen molar-refractivity contribution in [2.24, 2.45) is 11.8 Å². The van der Waals surface area contributed by atoms with Crippen molar-refractivity contribution in [3.63, 3.8) is 0 Å². The highest BCUT2D eigenvalue weighted by Crippen LogP contribution is 2.39. The van der Waals surface area contributed by atoms with Gasteiger partial charge in [-0.3, -0.25) is 9.48 Å². The van der Waals surface area contributed by atoms with Crippen LogP contribution in [-0.2, 0) is 6.54 Å². The van der Waals surface area contributed by atoms with Gasteiger partial charge in [0.2, 0.25) is 0 Å². The number of anilines is 1. The van der Waals surface area contributed by atoms with E-state index in [1.165, 1.54) is 12.8 Å². The van der Waals surface area contributed by atoms with Crippen LogP contribution in [0.15, 0.2) is 12.3 Å². The number of nitrogens with zero attached hydrogens (tertiary/aromatic N) is 3. The molecule has 198 valence electrons. The van der Waals surface area contributed by atoms with E-state index in [1.807, 2.05) is 6.92 Å². The van der Waals surface area contributed by atoms with Crippen LogP contribution in [0.1, 0.15) is 82.6 Å². The topological polar surface area (TPSA) is 81.1 Å². The van der Waals surface area contributed by atoms with E-state index < -0.39 is 5.67 Å². The summed E-state index contributed by atoms with van der Waals surface area (Å²) in [7, 11) is 1.57. The van der Waals surface area contributed by atoms with Crippen molar-refractivity contribution >= 4 is 23.3 Å². The minimum absolute atomic E-state index is 0.206. The van der Waals surface area contributed by atoms with Gasteiger partial charge in [-0.25, -0.2) is 9.37 Å². The fourth-order valence-electron chi connectivity index (χ4n) is 5.48. The number of alkyl halides is 1. The van der Waals surface area contributed by atoms with E-state index in [9.17, 15) is 9.18 Å². The summed E-state index contributed by atoms with van der Waals surface area (Å²) in [4.78, 5) is 17.6. The van der Waals surface area contributed by atoms with Gasteiger partial charge in [0, 0.05) is 25.4 Å². The highest BCUT2D eigenvalue weighted by molar-refractivity contribution is 6.36. The quantitative estimate of drug-likeness (QED) is 0.430. The van der Waals surface area contributed by atoms with Crippen LogP contribution >= 0.6 is 11.6 Å². The van der Waals surface area contributed by atoms with E-state index in [-0.39, 0.29) is 22.7 Å².